The molecule has 4 rings (SSSR count). The molecule has 0 spiro atoms. The zero-order chi connectivity index (χ0) is 24.8. The number of halogens is 3. The predicted octanol–water partition coefficient (Wildman–Crippen LogP) is 3.55. The van der Waals surface area contributed by atoms with Crippen LogP contribution in [0.1, 0.15) is 58.1 Å². The van der Waals surface area contributed by atoms with Gasteiger partial charge in [0.1, 0.15) is 5.75 Å². The first-order valence-corrected chi connectivity index (χ1v) is 11.8. The molecule has 3 N–H and O–H groups in total. The van der Waals surface area contributed by atoms with Crippen LogP contribution in [0.3, 0.4) is 0 Å². The van der Waals surface area contributed by atoms with E-state index in [1.165, 1.54) is 11.0 Å². The number of rotatable bonds is 6. The van der Waals surface area contributed by atoms with Crippen molar-refractivity contribution >= 4 is 17.8 Å². The smallest absolute Gasteiger partial charge is 0.425 e. The van der Waals surface area contributed by atoms with Crippen molar-refractivity contribution in [1.82, 2.24) is 10.2 Å². The van der Waals surface area contributed by atoms with E-state index in [0.717, 1.165) is 0 Å². The summed E-state index contributed by atoms with van der Waals surface area (Å²) in [5.41, 5.74) is 6.18. The molecule has 5 unspecified atom stereocenters. The Bertz CT molecular complexity index is 992. The molecular formula is C24H31F3N4O3. The highest BCUT2D eigenvalue weighted by Crippen LogP contribution is 2.48. The topological polar surface area (TPSA) is 97.0 Å². The van der Waals surface area contributed by atoms with Crippen LogP contribution in [0.4, 0.5) is 13.2 Å². The maximum absolute atomic E-state index is 13.4. The minimum atomic E-state index is -4.54. The molecule has 2 aliphatic heterocycles. The number of alkyl halides is 3. The molecule has 1 aromatic carbocycles. The van der Waals surface area contributed by atoms with E-state index in [4.69, 9.17) is 10.5 Å². The molecule has 0 bridgehead atoms. The molecule has 0 radical (unpaired) electrons. The van der Waals surface area contributed by atoms with E-state index in [0.29, 0.717) is 18.4 Å². The Hall–Kier alpha value is -2.78. The van der Waals surface area contributed by atoms with Crippen molar-refractivity contribution in [3.63, 3.8) is 0 Å². The van der Waals surface area contributed by atoms with Gasteiger partial charge in [0.2, 0.25) is 11.8 Å². The fraction of sp³-hybridized carbons (Fsp3) is 0.625. The molecule has 7 nitrogen and oxygen atoms in total. The summed E-state index contributed by atoms with van der Waals surface area (Å²) >= 11 is 0. The number of para-hydroxylation sites is 1. The number of nitrogens with one attached hydrogen (secondary N) is 1. The lowest BCUT2D eigenvalue weighted by atomic mass is 9.88. The van der Waals surface area contributed by atoms with E-state index < -0.39 is 36.2 Å². The van der Waals surface area contributed by atoms with Gasteiger partial charge >= 0.3 is 6.18 Å². The first kappa shape index (κ1) is 24.3. The Morgan fingerprint density at radius 2 is 1.97 bits per heavy atom. The summed E-state index contributed by atoms with van der Waals surface area (Å²) in [5.74, 6) is -0.717. The summed E-state index contributed by atoms with van der Waals surface area (Å²) in [6.45, 7) is 6.12. The van der Waals surface area contributed by atoms with Gasteiger partial charge in [-0.2, -0.15) is 13.2 Å². The highest BCUT2D eigenvalue weighted by Gasteiger charge is 2.54. The molecule has 34 heavy (non-hydrogen) atoms. The van der Waals surface area contributed by atoms with E-state index in [9.17, 15) is 22.8 Å². The lowest BCUT2D eigenvalue weighted by Crippen LogP contribution is -2.52. The molecule has 10 heteroatoms. The minimum Gasteiger partial charge on any atom is -0.480 e. The molecule has 1 fully saturated rings. The van der Waals surface area contributed by atoms with Crippen LogP contribution in [0.15, 0.2) is 29.3 Å². The first-order valence-electron chi connectivity index (χ1n) is 11.8. The number of nitrogens with zero attached hydrogens (tertiary/aromatic N) is 2. The van der Waals surface area contributed by atoms with Gasteiger partial charge in [0.15, 0.2) is 12.1 Å². The molecule has 1 saturated carbocycles. The lowest BCUT2D eigenvalue weighted by molar-refractivity contribution is -0.201. The monoisotopic (exact) mass is 480 g/mol. The molecule has 186 valence electrons. The minimum absolute atomic E-state index is 0.0295. The fourth-order valence-corrected chi connectivity index (χ4v) is 5.19. The molecule has 2 amide bonds. The first-order chi connectivity index (χ1) is 16.0. The van der Waals surface area contributed by atoms with Crippen molar-refractivity contribution in [3.8, 4) is 5.75 Å². The highest BCUT2D eigenvalue weighted by molar-refractivity contribution is 5.99. The number of fused-ring (bicyclic) bond motifs is 1. The van der Waals surface area contributed by atoms with Crippen molar-refractivity contribution in [1.29, 1.82) is 0 Å². The molecule has 1 aromatic rings. The average molecular weight is 481 g/mol. The summed E-state index contributed by atoms with van der Waals surface area (Å²) in [5, 5.41) is 2.81. The maximum Gasteiger partial charge on any atom is 0.425 e. The van der Waals surface area contributed by atoms with E-state index >= 15 is 0 Å². The quantitative estimate of drug-likeness (QED) is 0.651. The van der Waals surface area contributed by atoms with Crippen LogP contribution in [0.25, 0.3) is 0 Å². The molecule has 1 aliphatic carbocycles. The Morgan fingerprint density at radius 1 is 1.29 bits per heavy atom. The number of amides is 2. The van der Waals surface area contributed by atoms with Crippen LogP contribution in [0.5, 0.6) is 5.75 Å². The number of guanidine groups is 1. The largest absolute Gasteiger partial charge is 0.480 e. The van der Waals surface area contributed by atoms with Crippen LogP contribution < -0.4 is 15.8 Å². The third-order valence-corrected chi connectivity index (χ3v) is 7.68. The number of aliphatic imine (C=N–C) groups is 1. The van der Waals surface area contributed by atoms with Gasteiger partial charge in [-0.3, -0.25) is 14.5 Å². The van der Waals surface area contributed by atoms with Gasteiger partial charge in [0.05, 0.1) is 18.0 Å². The van der Waals surface area contributed by atoms with Crippen LogP contribution in [0.2, 0.25) is 0 Å². The molecule has 2 heterocycles. The van der Waals surface area contributed by atoms with Crippen LogP contribution in [0, 0.1) is 17.8 Å². The maximum atomic E-state index is 13.4. The number of nitrogens with two attached hydrogens (primary N) is 1. The number of ether oxygens (including phenoxy) is 1. The Kier molecular flexibility index (Phi) is 6.29. The van der Waals surface area contributed by atoms with Gasteiger partial charge in [-0.15, -0.1) is 0 Å². The predicted molar refractivity (Wildman–Crippen MR) is 120 cm³/mol. The lowest BCUT2D eigenvalue weighted by Gasteiger charge is -2.36. The summed E-state index contributed by atoms with van der Waals surface area (Å²) in [6, 6.07) is 5.64. The number of carbonyl (C=O) groups excluding carboxylic acids is 2. The second kappa shape index (κ2) is 8.78. The highest BCUT2D eigenvalue weighted by atomic mass is 19.4. The molecular weight excluding hydrogens is 449 g/mol. The number of benzene rings is 1. The van der Waals surface area contributed by atoms with Crippen molar-refractivity contribution in [3.05, 3.63) is 29.8 Å². The average Bonchev–Trinajstić information content (AvgIpc) is 3.44. The molecule has 0 saturated heterocycles. The van der Waals surface area contributed by atoms with Crippen LogP contribution in [-0.2, 0) is 9.59 Å². The van der Waals surface area contributed by atoms with E-state index in [2.05, 4.69) is 10.3 Å². The van der Waals surface area contributed by atoms with E-state index in [-0.39, 0.29) is 48.3 Å². The Balaban J connectivity index is 1.44. The van der Waals surface area contributed by atoms with Crippen LogP contribution >= 0.6 is 0 Å². The Labute approximate surface area is 196 Å². The van der Waals surface area contributed by atoms with Gasteiger partial charge in [-0.25, -0.2) is 4.99 Å². The summed E-state index contributed by atoms with van der Waals surface area (Å²) in [6.07, 6.45) is -5.22. The van der Waals surface area contributed by atoms with Gasteiger partial charge in [0.25, 0.3) is 0 Å². The van der Waals surface area contributed by atoms with Gasteiger partial charge in [0, 0.05) is 24.4 Å². The third kappa shape index (κ3) is 4.46. The fourth-order valence-electron chi connectivity index (χ4n) is 5.19. The zero-order valence-corrected chi connectivity index (χ0v) is 19.6. The van der Waals surface area contributed by atoms with Crippen molar-refractivity contribution in [2.24, 2.45) is 28.5 Å². The second-order valence-electron chi connectivity index (χ2n) is 9.61. The standard InChI is InChI=1S/C24H31F3N4O3/c1-4-23(5-2)11-19(32)31(22(28)30-23)12-15-13(3)20(15)21(33)29-16-10-18(24(25,26)27)34-17-9-7-6-8-14(16)17/h6-9,13,15-16,18,20H,4-5,10-12H2,1-3H3,(H2,28,30)(H,29,33). The summed E-state index contributed by atoms with van der Waals surface area (Å²) in [7, 11) is 0. The summed E-state index contributed by atoms with van der Waals surface area (Å²) < 4.78 is 45.3. The molecule has 3 aliphatic rings. The number of hydrogen-bond acceptors (Lipinski definition) is 5. The SMILES string of the molecule is CCC1(CC)CC(=O)N(CC2C(C)C2C(=O)NC2CC(C(F)(F)F)Oc3ccccc32)C(N)=N1. The van der Waals surface area contributed by atoms with E-state index in [1.807, 2.05) is 20.8 Å². The van der Waals surface area contributed by atoms with Gasteiger partial charge in [-0.05, 0) is 30.7 Å². The van der Waals surface area contributed by atoms with Crippen LogP contribution in [-0.4, -0.2) is 47.0 Å². The third-order valence-electron chi connectivity index (χ3n) is 7.68. The normalized spacial score (nSPS) is 30.2. The van der Waals surface area contributed by atoms with Gasteiger partial charge in [-0.1, -0.05) is 39.0 Å². The van der Waals surface area contributed by atoms with Crippen molar-refractivity contribution < 1.29 is 27.5 Å². The molecule has 5 atom stereocenters. The van der Waals surface area contributed by atoms with E-state index in [1.54, 1.807) is 18.2 Å². The molecule has 0 aromatic heterocycles. The Morgan fingerprint density at radius 3 is 2.59 bits per heavy atom. The summed E-state index contributed by atoms with van der Waals surface area (Å²) in [4.78, 5) is 31.9. The zero-order valence-electron chi connectivity index (χ0n) is 19.6. The number of carbonyl (C=O) groups is 2. The van der Waals surface area contributed by atoms with Gasteiger partial charge < -0.3 is 15.8 Å². The van der Waals surface area contributed by atoms with Crippen molar-refractivity contribution in [2.45, 2.75) is 70.3 Å². The number of hydrogen-bond donors (Lipinski definition) is 2. The van der Waals surface area contributed by atoms with Crippen molar-refractivity contribution in [2.75, 3.05) is 6.54 Å². The second-order valence-corrected chi connectivity index (χ2v) is 9.61.